The van der Waals surface area contributed by atoms with Gasteiger partial charge in [0.1, 0.15) is 11.5 Å². The lowest BCUT2D eigenvalue weighted by Crippen LogP contribution is -2.33. The first-order valence-electron chi connectivity index (χ1n) is 12.5. The number of benzene rings is 3. The summed E-state index contributed by atoms with van der Waals surface area (Å²) in [5.41, 5.74) is 0.570. The molecule has 2 aliphatic rings. The summed E-state index contributed by atoms with van der Waals surface area (Å²) in [6, 6.07) is 18.9. The van der Waals surface area contributed by atoms with Crippen LogP contribution in [-0.4, -0.2) is 58.2 Å². The fourth-order valence-corrected chi connectivity index (χ4v) is 5.64. The van der Waals surface area contributed by atoms with Gasteiger partial charge >= 0.3 is 0 Å². The first-order valence-corrected chi connectivity index (χ1v) is 13.6. The minimum absolute atomic E-state index is 0.0234. The molecular formula is C31H23Cl2NO6. The van der Waals surface area contributed by atoms with Crippen LogP contribution in [0.2, 0.25) is 0 Å². The fraction of sp³-hybridized carbons (Fsp3) is 0.161. The number of fused-ring (bicyclic) bond motifs is 2. The Morgan fingerprint density at radius 2 is 0.975 bits per heavy atom. The van der Waals surface area contributed by atoms with E-state index in [1.807, 2.05) is 4.90 Å². The average Bonchev–Trinajstić information content (AvgIpc) is 2.98. The molecule has 3 aromatic carbocycles. The molecule has 9 heteroatoms. The van der Waals surface area contributed by atoms with Gasteiger partial charge in [-0.05, 0) is 17.7 Å². The zero-order valence-corrected chi connectivity index (χ0v) is 22.6. The molecule has 0 aromatic heterocycles. The van der Waals surface area contributed by atoms with Crippen molar-refractivity contribution >= 4 is 63.5 Å². The van der Waals surface area contributed by atoms with Gasteiger partial charge in [0.2, 0.25) is 23.1 Å². The Kier molecular flexibility index (Phi) is 7.61. The molecule has 0 aliphatic heterocycles. The number of aliphatic hydroxyl groups is 2. The third kappa shape index (κ3) is 4.51. The first kappa shape index (κ1) is 27.4. The molecule has 0 saturated heterocycles. The SMILES string of the molecule is O=C1C(=O)c2ccccc2C(O)=C1C(C1=C(O)c2ccccc2C(=O)C1=O)c1ccc(N(CCCl)CCCl)cc1. The predicted octanol–water partition coefficient (Wildman–Crippen LogP) is 5.52. The van der Waals surface area contributed by atoms with Crippen molar-refractivity contribution in [2.75, 3.05) is 29.7 Å². The van der Waals surface area contributed by atoms with Crippen LogP contribution in [-0.2, 0) is 9.59 Å². The van der Waals surface area contributed by atoms with Crippen molar-refractivity contribution in [2.24, 2.45) is 0 Å². The highest BCUT2D eigenvalue weighted by Crippen LogP contribution is 2.44. The second-order valence-corrected chi connectivity index (χ2v) is 10.1. The molecule has 0 radical (unpaired) electrons. The molecule has 0 spiro atoms. The number of rotatable bonds is 8. The summed E-state index contributed by atoms with van der Waals surface area (Å²) < 4.78 is 0. The Morgan fingerprint density at radius 3 is 1.38 bits per heavy atom. The van der Waals surface area contributed by atoms with Crippen molar-refractivity contribution in [3.8, 4) is 0 Å². The lowest BCUT2D eigenvalue weighted by atomic mass is 9.72. The average molecular weight is 576 g/mol. The van der Waals surface area contributed by atoms with Crippen molar-refractivity contribution in [3.63, 3.8) is 0 Å². The Morgan fingerprint density at radius 1 is 0.575 bits per heavy atom. The predicted molar refractivity (Wildman–Crippen MR) is 153 cm³/mol. The smallest absolute Gasteiger partial charge is 0.234 e. The van der Waals surface area contributed by atoms with Gasteiger partial charge in [-0.15, -0.1) is 23.2 Å². The summed E-state index contributed by atoms with van der Waals surface area (Å²) in [5.74, 6) is -5.50. The number of carbonyl (C=O) groups excluding carboxylic acids is 4. The summed E-state index contributed by atoms with van der Waals surface area (Å²) in [4.78, 5) is 55.3. The number of anilines is 1. The third-order valence-corrected chi connectivity index (χ3v) is 7.48. The van der Waals surface area contributed by atoms with E-state index < -0.39 is 51.7 Å². The van der Waals surface area contributed by atoms with Gasteiger partial charge in [0.15, 0.2) is 0 Å². The maximum Gasteiger partial charge on any atom is 0.234 e. The van der Waals surface area contributed by atoms with Crippen molar-refractivity contribution in [3.05, 3.63) is 112 Å². The molecule has 40 heavy (non-hydrogen) atoms. The molecule has 202 valence electrons. The minimum Gasteiger partial charge on any atom is -0.507 e. The maximum atomic E-state index is 13.5. The van der Waals surface area contributed by atoms with Crippen LogP contribution in [0.1, 0.15) is 43.3 Å². The molecule has 0 unspecified atom stereocenters. The molecule has 2 N–H and O–H groups in total. The zero-order valence-electron chi connectivity index (χ0n) is 21.1. The van der Waals surface area contributed by atoms with Crippen LogP contribution < -0.4 is 4.90 Å². The van der Waals surface area contributed by atoms with E-state index in [1.165, 1.54) is 24.3 Å². The minimum atomic E-state index is -1.42. The van der Waals surface area contributed by atoms with Gasteiger partial charge < -0.3 is 15.1 Å². The quantitative estimate of drug-likeness (QED) is 0.268. The van der Waals surface area contributed by atoms with E-state index in [9.17, 15) is 29.4 Å². The topological polar surface area (TPSA) is 112 Å². The van der Waals surface area contributed by atoms with Crippen LogP contribution in [0, 0.1) is 0 Å². The summed E-state index contributed by atoms with van der Waals surface area (Å²) >= 11 is 11.9. The van der Waals surface area contributed by atoms with Gasteiger partial charge in [-0.25, -0.2) is 0 Å². The molecule has 0 fully saturated rings. The van der Waals surface area contributed by atoms with Crippen molar-refractivity contribution in [1.82, 2.24) is 0 Å². The highest BCUT2D eigenvalue weighted by molar-refractivity contribution is 6.55. The van der Waals surface area contributed by atoms with Gasteiger partial charge in [0.05, 0.1) is 11.1 Å². The van der Waals surface area contributed by atoms with E-state index in [1.54, 1.807) is 48.5 Å². The fourth-order valence-electron chi connectivity index (χ4n) is 5.23. The summed E-state index contributed by atoms with van der Waals surface area (Å²) in [6.45, 7) is 1.03. The van der Waals surface area contributed by atoms with Crippen LogP contribution in [0.5, 0.6) is 0 Å². The monoisotopic (exact) mass is 575 g/mol. The summed E-state index contributed by atoms with van der Waals surface area (Å²) in [6.07, 6.45) is 0. The van der Waals surface area contributed by atoms with Gasteiger partial charge in [-0.2, -0.15) is 0 Å². The first-order chi connectivity index (χ1) is 19.3. The van der Waals surface area contributed by atoms with Gasteiger partial charge in [0.25, 0.3) is 0 Å². The Labute approximate surface area is 239 Å². The number of alkyl halides is 2. The number of Topliss-reactive ketones (excluding diaryl/α,β-unsaturated/α-hetero) is 4. The van der Waals surface area contributed by atoms with E-state index in [4.69, 9.17) is 23.2 Å². The van der Waals surface area contributed by atoms with E-state index in [0.29, 0.717) is 30.4 Å². The second kappa shape index (κ2) is 11.1. The molecule has 0 heterocycles. The molecule has 0 bridgehead atoms. The Bertz CT molecular complexity index is 1530. The standard InChI is InChI=1S/C31H23Cl2NO6/c32-13-15-34(16-14-33)18-11-9-17(10-12-18)23(24-26(35)19-5-1-3-7-21(19)28(37)30(24)39)25-27(36)20-6-2-4-8-22(20)29(38)31(25)40/h1-12,23,35-36H,13-16H2. The number of hydrogen-bond donors (Lipinski definition) is 2. The number of ketones is 4. The van der Waals surface area contributed by atoms with E-state index in [0.717, 1.165) is 5.69 Å². The highest BCUT2D eigenvalue weighted by atomic mass is 35.5. The number of aliphatic hydroxyl groups excluding tert-OH is 2. The van der Waals surface area contributed by atoms with Crippen LogP contribution in [0.25, 0.3) is 11.5 Å². The van der Waals surface area contributed by atoms with Gasteiger partial charge in [0, 0.05) is 58.7 Å². The molecular weight excluding hydrogens is 553 g/mol. The van der Waals surface area contributed by atoms with E-state index in [2.05, 4.69) is 0 Å². The van der Waals surface area contributed by atoms with Crippen LogP contribution >= 0.6 is 23.2 Å². The molecule has 7 nitrogen and oxygen atoms in total. The molecule has 0 atom stereocenters. The molecule has 2 aliphatic carbocycles. The van der Waals surface area contributed by atoms with E-state index in [-0.39, 0.29) is 22.3 Å². The third-order valence-electron chi connectivity index (χ3n) is 7.14. The number of carbonyl (C=O) groups is 4. The number of allylic oxidation sites excluding steroid dienone is 2. The lowest BCUT2D eigenvalue weighted by molar-refractivity contribution is -0.112. The number of nitrogens with zero attached hydrogens (tertiary/aromatic N) is 1. The normalized spacial score (nSPS) is 15.1. The molecule has 5 rings (SSSR count). The van der Waals surface area contributed by atoms with Crippen molar-refractivity contribution in [1.29, 1.82) is 0 Å². The Hall–Kier alpha value is -4.20. The largest absolute Gasteiger partial charge is 0.507 e. The van der Waals surface area contributed by atoms with Crippen LogP contribution in [0.4, 0.5) is 5.69 Å². The van der Waals surface area contributed by atoms with Crippen molar-refractivity contribution in [2.45, 2.75) is 5.92 Å². The Balaban J connectivity index is 1.76. The second-order valence-electron chi connectivity index (χ2n) is 9.32. The number of hydrogen-bond acceptors (Lipinski definition) is 7. The van der Waals surface area contributed by atoms with Gasteiger partial charge in [-0.3, -0.25) is 19.2 Å². The molecule has 3 aromatic rings. The van der Waals surface area contributed by atoms with Crippen molar-refractivity contribution < 1.29 is 29.4 Å². The molecule has 0 saturated carbocycles. The lowest BCUT2D eigenvalue weighted by Gasteiger charge is -2.29. The van der Waals surface area contributed by atoms with Crippen LogP contribution in [0.3, 0.4) is 0 Å². The van der Waals surface area contributed by atoms with Crippen LogP contribution in [0.15, 0.2) is 83.9 Å². The number of halogens is 2. The molecule has 0 amide bonds. The van der Waals surface area contributed by atoms with E-state index >= 15 is 0 Å². The summed E-state index contributed by atoms with van der Waals surface area (Å²) in [7, 11) is 0. The summed E-state index contributed by atoms with van der Waals surface area (Å²) in [5, 5.41) is 22.7. The highest BCUT2D eigenvalue weighted by Gasteiger charge is 2.45. The maximum absolute atomic E-state index is 13.5. The van der Waals surface area contributed by atoms with Gasteiger partial charge in [-0.1, -0.05) is 60.7 Å². The zero-order chi connectivity index (χ0) is 28.6.